The second-order valence-corrected chi connectivity index (χ2v) is 4.71. The van der Waals surface area contributed by atoms with Crippen LogP contribution in [0.25, 0.3) is 0 Å². The summed E-state index contributed by atoms with van der Waals surface area (Å²) >= 11 is 0. The number of ether oxygens (including phenoxy) is 1. The van der Waals surface area contributed by atoms with Crippen molar-refractivity contribution in [2.45, 2.75) is 6.92 Å². The number of nitrogen functional groups attached to an aromatic ring is 1. The maximum atomic E-state index is 11.2. The molecule has 2 aromatic carbocycles. The van der Waals surface area contributed by atoms with Crippen molar-refractivity contribution in [3.8, 4) is 5.75 Å². The quantitative estimate of drug-likeness (QED) is 0.560. The highest BCUT2D eigenvalue weighted by Gasteiger charge is 2.05. The third-order valence-electron chi connectivity index (χ3n) is 3.10. The maximum absolute atomic E-state index is 11.2. The van der Waals surface area contributed by atoms with E-state index in [4.69, 9.17) is 16.2 Å². The molecule has 2 rings (SSSR count). The van der Waals surface area contributed by atoms with Gasteiger partial charge >= 0.3 is 0 Å². The lowest BCUT2D eigenvalue weighted by Crippen LogP contribution is -2.14. The Morgan fingerprint density at radius 1 is 1.24 bits per heavy atom. The largest absolute Gasteiger partial charge is 0.490 e. The number of primary amides is 1. The number of carbonyl (C=O) groups is 1. The van der Waals surface area contributed by atoms with Crippen molar-refractivity contribution < 1.29 is 9.53 Å². The van der Waals surface area contributed by atoms with Crippen LogP contribution in [-0.4, -0.2) is 19.1 Å². The molecule has 0 aliphatic rings. The van der Waals surface area contributed by atoms with Crippen molar-refractivity contribution in [3.05, 3.63) is 53.6 Å². The molecule has 5 N–H and O–H groups in total. The Morgan fingerprint density at radius 2 is 2.00 bits per heavy atom. The summed E-state index contributed by atoms with van der Waals surface area (Å²) in [6, 6.07) is 12.8. The molecule has 0 unspecified atom stereocenters. The van der Waals surface area contributed by atoms with E-state index in [2.05, 4.69) is 5.32 Å². The topological polar surface area (TPSA) is 90.4 Å². The van der Waals surface area contributed by atoms with Gasteiger partial charge in [0.15, 0.2) is 0 Å². The number of carbonyl (C=O) groups excluding carboxylic acids is 1. The summed E-state index contributed by atoms with van der Waals surface area (Å²) in [5.74, 6) is 0.265. The first kappa shape index (κ1) is 14.7. The minimum Gasteiger partial charge on any atom is -0.490 e. The molecule has 0 heterocycles. The third kappa shape index (κ3) is 3.89. The van der Waals surface area contributed by atoms with Crippen LogP contribution < -0.4 is 21.5 Å². The van der Waals surface area contributed by atoms with E-state index in [9.17, 15) is 4.79 Å². The second kappa shape index (κ2) is 6.65. The molecule has 0 spiro atoms. The normalized spacial score (nSPS) is 10.1. The zero-order chi connectivity index (χ0) is 15.2. The van der Waals surface area contributed by atoms with E-state index in [1.54, 1.807) is 12.1 Å². The van der Waals surface area contributed by atoms with Gasteiger partial charge in [-0.15, -0.1) is 0 Å². The molecule has 0 aromatic heterocycles. The summed E-state index contributed by atoms with van der Waals surface area (Å²) in [5.41, 5.74) is 14.0. The standard InChI is InChI=1S/C16H19N3O2/c1-11-10-12(6-7-13(11)16(18)20)19-8-9-21-15-5-3-2-4-14(15)17/h2-7,10,19H,8-9,17H2,1H3,(H2,18,20). The smallest absolute Gasteiger partial charge is 0.248 e. The average molecular weight is 285 g/mol. The molecule has 0 saturated carbocycles. The fourth-order valence-corrected chi connectivity index (χ4v) is 2.02. The van der Waals surface area contributed by atoms with Crippen LogP contribution in [0.15, 0.2) is 42.5 Å². The van der Waals surface area contributed by atoms with Crippen LogP contribution in [0.5, 0.6) is 5.75 Å². The number of nitrogens with one attached hydrogen (secondary N) is 1. The molecule has 0 bridgehead atoms. The predicted molar refractivity (Wildman–Crippen MR) is 84.5 cm³/mol. The second-order valence-electron chi connectivity index (χ2n) is 4.71. The lowest BCUT2D eigenvalue weighted by atomic mass is 10.1. The highest BCUT2D eigenvalue weighted by molar-refractivity contribution is 5.94. The minimum absolute atomic E-state index is 0.415. The Bertz CT molecular complexity index is 641. The molecule has 1 amide bonds. The van der Waals surface area contributed by atoms with Gasteiger partial charge in [-0.3, -0.25) is 4.79 Å². The molecule has 2 aromatic rings. The van der Waals surface area contributed by atoms with Crippen LogP contribution in [0.1, 0.15) is 15.9 Å². The summed E-state index contributed by atoms with van der Waals surface area (Å²) in [6.45, 7) is 2.97. The Morgan fingerprint density at radius 3 is 2.67 bits per heavy atom. The van der Waals surface area contributed by atoms with Crippen molar-refractivity contribution in [1.82, 2.24) is 0 Å². The van der Waals surface area contributed by atoms with Crippen molar-refractivity contribution in [3.63, 3.8) is 0 Å². The number of rotatable bonds is 6. The van der Waals surface area contributed by atoms with Gasteiger partial charge in [0.2, 0.25) is 5.91 Å². The highest BCUT2D eigenvalue weighted by Crippen LogP contribution is 2.19. The SMILES string of the molecule is Cc1cc(NCCOc2ccccc2N)ccc1C(N)=O. The van der Waals surface area contributed by atoms with Crippen LogP contribution in [-0.2, 0) is 0 Å². The first-order valence-electron chi connectivity index (χ1n) is 6.69. The van der Waals surface area contributed by atoms with E-state index >= 15 is 0 Å². The Kier molecular flexibility index (Phi) is 4.66. The number of amides is 1. The van der Waals surface area contributed by atoms with Crippen LogP contribution in [0.4, 0.5) is 11.4 Å². The Hall–Kier alpha value is -2.69. The molecule has 0 atom stereocenters. The number of anilines is 2. The number of hydrogen-bond acceptors (Lipinski definition) is 4. The van der Waals surface area contributed by atoms with Crippen LogP contribution in [0.3, 0.4) is 0 Å². The summed E-state index contributed by atoms with van der Waals surface area (Å²) in [4.78, 5) is 11.2. The summed E-state index contributed by atoms with van der Waals surface area (Å²) < 4.78 is 5.59. The Balaban J connectivity index is 1.85. The third-order valence-corrected chi connectivity index (χ3v) is 3.10. The maximum Gasteiger partial charge on any atom is 0.248 e. The van der Waals surface area contributed by atoms with E-state index in [0.29, 0.717) is 30.2 Å². The number of benzene rings is 2. The summed E-state index contributed by atoms with van der Waals surface area (Å²) in [5, 5.41) is 3.22. The van der Waals surface area contributed by atoms with Gasteiger partial charge < -0.3 is 21.5 Å². The summed E-state index contributed by atoms with van der Waals surface area (Å²) in [7, 11) is 0. The van der Waals surface area contributed by atoms with Gasteiger partial charge in [-0.05, 0) is 42.8 Å². The molecule has 0 radical (unpaired) electrons. The lowest BCUT2D eigenvalue weighted by molar-refractivity contribution is 0.1000. The molecule has 5 nitrogen and oxygen atoms in total. The van der Waals surface area contributed by atoms with Crippen molar-refractivity contribution in [1.29, 1.82) is 0 Å². The lowest BCUT2D eigenvalue weighted by Gasteiger charge is -2.11. The monoisotopic (exact) mass is 285 g/mol. The number of aryl methyl sites for hydroxylation is 1. The fourth-order valence-electron chi connectivity index (χ4n) is 2.02. The molecule has 5 heteroatoms. The molecular formula is C16H19N3O2. The first-order chi connectivity index (χ1) is 10.1. The van der Waals surface area contributed by atoms with E-state index in [-0.39, 0.29) is 0 Å². The van der Waals surface area contributed by atoms with Gasteiger partial charge in [0.1, 0.15) is 12.4 Å². The van der Waals surface area contributed by atoms with Gasteiger partial charge in [-0.1, -0.05) is 12.1 Å². The predicted octanol–water partition coefficient (Wildman–Crippen LogP) is 2.17. The van der Waals surface area contributed by atoms with Crippen LogP contribution >= 0.6 is 0 Å². The van der Waals surface area contributed by atoms with E-state index < -0.39 is 5.91 Å². The molecule has 0 fully saturated rings. The molecule has 0 saturated heterocycles. The van der Waals surface area contributed by atoms with Crippen LogP contribution in [0.2, 0.25) is 0 Å². The molecule has 110 valence electrons. The van der Waals surface area contributed by atoms with Gasteiger partial charge in [0.05, 0.1) is 5.69 Å². The molecule has 0 aliphatic heterocycles. The fraction of sp³-hybridized carbons (Fsp3) is 0.188. The van der Waals surface area contributed by atoms with Crippen molar-refractivity contribution >= 4 is 17.3 Å². The van der Waals surface area contributed by atoms with Gasteiger partial charge in [-0.2, -0.15) is 0 Å². The van der Waals surface area contributed by atoms with Crippen molar-refractivity contribution in [2.75, 3.05) is 24.2 Å². The van der Waals surface area contributed by atoms with Crippen LogP contribution in [0, 0.1) is 6.92 Å². The van der Waals surface area contributed by atoms with Gasteiger partial charge in [0, 0.05) is 17.8 Å². The number of para-hydroxylation sites is 2. The minimum atomic E-state index is -0.415. The zero-order valence-electron chi connectivity index (χ0n) is 11.9. The van der Waals surface area contributed by atoms with E-state index in [0.717, 1.165) is 11.3 Å². The van der Waals surface area contributed by atoms with E-state index in [1.165, 1.54) is 0 Å². The molecular weight excluding hydrogens is 266 g/mol. The number of nitrogens with two attached hydrogens (primary N) is 2. The highest BCUT2D eigenvalue weighted by atomic mass is 16.5. The Labute approximate surface area is 123 Å². The molecule has 21 heavy (non-hydrogen) atoms. The average Bonchev–Trinajstić information content (AvgIpc) is 2.45. The molecule has 0 aliphatic carbocycles. The first-order valence-corrected chi connectivity index (χ1v) is 6.69. The van der Waals surface area contributed by atoms with Gasteiger partial charge in [0.25, 0.3) is 0 Å². The summed E-state index contributed by atoms with van der Waals surface area (Å²) in [6.07, 6.45) is 0. The van der Waals surface area contributed by atoms with Crippen molar-refractivity contribution in [2.24, 2.45) is 5.73 Å². The van der Waals surface area contributed by atoms with Gasteiger partial charge in [-0.25, -0.2) is 0 Å². The number of hydrogen-bond donors (Lipinski definition) is 3. The zero-order valence-corrected chi connectivity index (χ0v) is 11.9. The van der Waals surface area contributed by atoms with E-state index in [1.807, 2.05) is 37.3 Å².